The first-order valence-electron chi connectivity index (χ1n) is 10.4. The number of nitrogens with one attached hydrogen (secondary N) is 1. The van der Waals surface area contributed by atoms with Gasteiger partial charge in [-0.15, -0.1) is 0 Å². The van der Waals surface area contributed by atoms with Crippen LogP contribution in [0.3, 0.4) is 0 Å². The number of piperidine rings is 1. The maximum Gasteiger partial charge on any atom is 0.254 e. The predicted molar refractivity (Wildman–Crippen MR) is 114 cm³/mol. The standard InChI is InChI=1S/C22H29N5O3/c1-26(2)20-12-17(24-21(25-20)16-5-4-8-23-13-16)14-27(3)22(28)15-6-7-18-19(11-15)30-10-9-29-18/h6-7,11-12,16,23H,4-5,8-10,13-14H2,1-3H3. The Hall–Kier alpha value is -2.87. The summed E-state index contributed by atoms with van der Waals surface area (Å²) in [7, 11) is 5.73. The van der Waals surface area contributed by atoms with Gasteiger partial charge in [0.25, 0.3) is 5.91 Å². The van der Waals surface area contributed by atoms with Gasteiger partial charge in [0.1, 0.15) is 24.9 Å². The summed E-state index contributed by atoms with van der Waals surface area (Å²) in [6.45, 7) is 3.37. The molecule has 0 aliphatic carbocycles. The van der Waals surface area contributed by atoms with Crippen molar-refractivity contribution in [2.45, 2.75) is 25.3 Å². The topological polar surface area (TPSA) is 79.8 Å². The number of amides is 1. The normalized spacial score (nSPS) is 18.0. The fourth-order valence-corrected chi connectivity index (χ4v) is 3.78. The van der Waals surface area contributed by atoms with Crippen LogP contribution >= 0.6 is 0 Å². The zero-order valence-electron chi connectivity index (χ0n) is 17.9. The highest BCUT2D eigenvalue weighted by molar-refractivity contribution is 5.94. The number of rotatable bonds is 5. The maximum absolute atomic E-state index is 13.0. The summed E-state index contributed by atoms with van der Waals surface area (Å²) in [5, 5.41) is 3.43. The largest absolute Gasteiger partial charge is 0.486 e. The van der Waals surface area contributed by atoms with Crippen molar-refractivity contribution < 1.29 is 14.3 Å². The van der Waals surface area contributed by atoms with Gasteiger partial charge in [-0.3, -0.25) is 4.79 Å². The zero-order chi connectivity index (χ0) is 21.1. The number of aromatic nitrogens is 2. The van der Waals surface area contributed by atoms with Gasteiger partial charge in [0.15, 0.2) is 11.5 Å². The molecule has 1 aromatic heterocycles. The van der Waals surface area contributed by atoms with E-state index in [1.165, 1.54) is 0 Å². The van der Waals surface area contributed by atoms with Gasteiger partial charge in [-0.2, -0.15) is 0 Å². The smallest absolute Gasteiger partial charge is 0.254 e. The molecule has 0 bridgehead atoms. The minimum absolute atomic E-state index is 0.0853. The monoisotopic (exact) mass is 411 g/mol. The average molecular weight is 412 g/mol. The first-order valence-corrected chi connectivity index (χ1v) is 10.4. The van der Waals surface area contributed by atoms with E-state index in [-0.39, 0.29) is 5.91 Å². The molecule has 1 unspecified atom stereocenters. The molecule has 2 aromatic rings. The quantitative estimate of drug-likeness (QED) is 0.807. The van der Waals surface area contributed by atoms with Crippen molar-refractivity contribution in [3.8, 4) is 11.5 Å². The van der Waals surface area contributed by atoms with Gasteiger partial charge in [0, 0.05) is 45.2 Å². The molecular weight excluding hydrogens is 382 g/mol. The highest BCUT2D eigenvalue weighted by atomic mass is 16.6. The molecule has 1 atom stereocenters. The first-order chi connectivity index (χ1) is 14.5. The van der Waals surface area contributed by atoms with E-state index in [4.69, 9.17) is 19.4 Å². The van der Waals surface area contributed by atoms with E-state index >= 15 is 0 Å². The Morgan fingerprint density at radius 1 is 1.13 bits per heavy atom. The van der Waals surface area contributed by atoms with Crippen LogP contribution in [0.1, 0.15) is 40.6 Å². The summed E-state index contributed by atoms with van der Waals surface area (Å²) in [6.07, 6.45) is 2.20. The average Bonchev–Trinajstić information content (AvgIpc) is 2.78. The van der Waals surface area contributed by atoms with Gasteiger partial charge >= 0.3 is 0 Å². The fraction of sp³-hybridized carbons (Fsp3) is 0.500. The number of nitrogens with zero attached hydrogens (tertiary/aromatic N) is 4. The second-order valence-electron chi connectivity index (χ2n) is 8.03. The van der Waals surface area contributed by atoms with Gasteiger partial charge in [-0.25, -0.2) is 9.97 Å². The molecule has 1 fully saturated rings. The Morgan fingerprint density at radius 2 is 1.93 bits per heavy atom. The Bertz CT molecular complexity index is 912. The molecule has 1 amide bonds. The molecule has 1 N–H and O–H groups in total. The summed E-state index contributed by atoms with van der Waals surface area (Å²) < 4.78 is 11.2. The summed E-state index contributed by atoms with van der Waals surface area (Å²) in [6, 6.07) is 7.26. The number of hydrogen-bond acceptors (Lipinski definition) is 7. The highest BCUT2D eigenvalue weighted by Crippen LogP contribution is 2.31. The number of carbonyl (C=O) groups excluding carboxylic acids is 1. The molecule has 1 aromatic carbocycles. The molecule has 30 heavy (non-hydrogen) atoms. The number of ether oxygens (including phenoxy) is 2. The van der Waals surface area contributed by atoms with Crippen molar-refractivity contribution >= 4 is 11.7 Å². The van der Waals surface area contributed by atoms with Crippen LogP contribution in [0, 0.1) is 0 Å². The molecule has 3 heterocycles. The van der Waals surface area contributed by atoms with Crippen LogP contribution in [-0.2, 0) is 6.54 Å². The van der Waals surface area contributed by atoms with Crippen LogP contribution < -0.4 is 19.7 Å². The second kappa shape index (κ2) is 8.87. The van der Waals surface area contributed by atoms with Crippen molar-refractivity contribution in [2.24, 2.45) is 0 Å². The number of fused-ring (bicyclic) bond motifs is 1. The second-order valence-corrected chi connectivity index (χ2v) is 8.03. The van der Waals surface area contributed by atoms with Gasteiger partial charge in [-0.05, 0) is 37.6 Å². The van der Waals surface area contributed by atoms with Crippen LogP contribution in [0.15, 0.2) is 24.3 Å². The number of anilines is 1. The first kappa shape index (κ1) is 20.4. The lowest BCUT2D eigenvalue weighted by Crippen LogP contribution is -2.31. The molecule has 2 aliphatic heterocycles. The summed E-state index contributed by atoms with van der Waals surface area (Å²) in [4.78, 5) is 26.2. The Kier molecular flexibility index (Phi) is 6.03. The zero-order valence-corrected chi connectivity index (χ0v) is 17.9. The number of carbonyl (C=O) groups is 1. The van der Waals surface area contributed by atoms with Gasteiger partial charge in [-0.1, -0.05) is 0 Å². The Morgan fingerprint density at radius 3 is 2.67 bits per heavy atom. The number of benzene rings is 1. The van der Waals surface area contributed by atoms with Crippen molar-refractivity contribution in [3.05, 3.63) is 41.3 Å². The molecule has 8 nitrogen and oxygen atoms in total. The van der Waals surface area contributed by atoms with Crippen molar-refractivity contribution in [1.82, 2.24) is 20.2 Å². The third-order valence-corrected chi connectivity index (χ3v) is 5.44. The van der Waals surface area contributed by atoms with Crippen molar-refractivity contribution in [1.29, 1.82) is 0 Å². The van der Waals surface area contributed by atoms with E-state index in [2.05, 4.69) is 5.32 Å². The molecular formula is C22H29N5O3. The van der Waals surface area contributed by atoms with E-state index in [0.717, 1.165) is 43.3 Å². The molecule has 8 heteroatoms. The molecule has 1 saturated heterocycles. The Balaban J connectivity index is 1.53. The lowest BCUT2D eigenvalue weighted by molar-refractivity contribution is 0.0782. The summed E-state index contributed by atoms with van der Waals surface area (Å²) in [5.74, 6) is 3.22. The van der Waals surface area contributed by atoms with E-state index in [0.29, 0.717) is 42.7 Å². The molecule has 160 valence electrons. The maximum atomic E-state index is 13.0. The fourth-order valence-electron chi connectivity index (χ4n) is 3.78. The SMILES string of the molecule is CN(Cc1cc(N(C)C)nc(C2CCCNC2)n1)C(=O)c1ccc2c(c1)OCCO2. The summed E-state index contributed by atoms with van der Waals surface area (Å²) >= 11 is 0. The lowest BCUT2D eigenvalue weighted by atomic mass is 9.99. The number of hydrogen-bond donors (Lipinski definition) is 1. The van der Waals surface area contributed by atoms with E-state index in [1.54, 1.807) is 30.1 Å². The van der Waals surface area contributed by atoms with Gasteiger partial charge in [0.2, 0.25) is 0 Å². The van der Waals surface area contributed by atoms with Crippen LogP contribution in [0.25, 0.3) is 0 Å². The molecule has 0 radical (unpaired) electrons. The van der Waals surface area contributed by atoms with Crippen LogP contribution in [0.2, 0.25) is 0 Å². The molecule has 4 rings (SSSR count). The minimum Gasteiger partial charge on any atom is -0.486 e. The van der Waals surface area contributed by atoms with Gasteiger partial charge in [0.05, 0.1) is 12.2 Å². The van der Waals surface area contributed by atoms with E-state index in [9.17, 15) is 4.79 Å². The van der Waals surface area contributed by atoms with Crippen molar-refractivity contribution in [3.63, 3.8) is 0 Å². The summed E-state index contributed by atoms with van der Waals surface area (Å²) in [5.41, 5.74) is 1.41. The molecule has 2 aliphatic rings. The minimum atomic E-state index is -0.0853. The lowest BCUT2D eigenvalue weighted by Gasteiger charge is -2.24. The third kappa shape index (κ3) is 4.48. The Labute approximate surface area is 177 Å². The van der Waals surface area contributed by atoms with Crippen LogP contribution in [0.5, 0.6) is 11.5 Å². The molecule has 0 saturated carbocycles. The highest BCUT2D eigenvalue weighted by Gasteiger charge is 2.22. The van der Waals surface area contributed by atoms with Crippen LogP contribution in [-0.4, -0.2) is 68.2 Å². The third-order valence-electron chi connectivity index (χ3n) is 5.44. The van der Waals surface area contributed by atoms with Crippen LogP contribution in [0.4, 0.5) is 5.82 Å². The predicted octanol–water partition coefficient (Wildman–Crippen LogP) is 2.05. The van der Waals surface area contributed by atoms with Crippen molar-refractivity contribution in [2.75, 3.05) is 52.3 Å². The van der Waals surface area contributed by atoms with E-state index < -0.39 is 0 Å². The van der Waals surface area contributed by atoms with E-state index in [1.807, 2.05) is 25.1 Å². The molecule has 0 spiro atoms. The van der Waals surface area contributed by atoms with Gasteiger partial charge < -0.3 is 24.6 Å².